The quantitative estimate of drug-likeness (QED) is 0.0733. The molecule has 0 spiro atoms. The number of methoxy groups -OCH3 is 4. The van der Waals surface area contributed by atoms with Gasteiger partial charge in [0.25, 0.3) is 0 Å². The topological polar surface area (TPSA) is 122 Å². The molecule has 0 heterocycles. The smallest absolute Gasteiger partial charge is 0.383 e. The first-order valence-corrected chi connectivity index (χ1v) is 13.2. The zero-order valence-corrected chi connectivity index (χ0v) is 22.1. The van der Waals surface area contributed by atoms with E-state index in [0.717, 1.165) is 26.2 Å². The minimum atomic E-state index is -3.35. The molecule has 33 heavy (non-hydrogen) atoms. The maximum atomic E-state index is 6.10. The summed E-state index contributed by atoms with van der Waals surface area (Å²) in [6.07, 6.45) is 0. The van der Waals surface area contributed by atoms with Crippen LogP contribution >= 0.6 is 0 Å². The molecule has 0 rings (SSSR count). The van der Waals surface area contributed by atoms with Crippen molar-refractivity contribution in [2.75, 3.05) is 134 Å². The molecule has 0 amide bonds. The highest BCUT2D eigenvalue weighted by molar-refractivity contribution is 6.53. The van der Waals surface area contributed by atoms with E-state index in [-0.39, 0.29) is 0 Å². The number of hydrogen-bond acceptors (Lipinski definition) is 12. The van der Waals surface area contributed by atoms with E-state index in [9.17, 15) is 0 Å². The molecule has 0 saturated carbocycles. The summed E-state index contributed by atoms with van der Waals surface area (Å²) >= 11 is 0. The molecule has 200 valence electrons. The van der Waals surface area contributed by atoms with Gasteiger partial charge in [0.05, 0.1) is 52.9 Å². The molecule has 0 fully saturated rings. The molecule has 0 aromatic carbocycles. The van der Waals surface area contributed by atoms with Gasteiger partial charge in [-0.3, -0.25) is 0 Å². The van der Waals surface area contributed by atoms with E-state index in [2.05, 4.69) is 21.3 Å². The second-order valence-corrected chi connectivity index (χ2v) is 9.02. The van der Waals surface area contributed by atoms with E-state index in [1.54, 1.807) is 28.4 Å². The van der Waals surface area contributed by atoms with E-state index < -0.39 is 9.05 Å². The maximum Gasteiger partial charge on any atom is 0.679 e. The standard InChI is InChI=1S/C20H48N4O8Si/c1-25-13-5-21-9-17-29-33(30-18-10-22-6-14-26-2,31-19-11-23-7-15-27-3)32-20-12-24-8-16-28-4/h21-24H,5-20H2,1-4H3. The van der Waals surface area contributed by atoms with Crippen LogP contribution in [0.4, 0.5) is 0 Å². The molecule has 0 aromatic heterocycles. The van der Waals surface area contributed by atoms with Gasteiger partial charge >= 0.3 is 9.05 Å². The zero-order chi connectivity index (χ0) is 24.3. The lowest BCUT2D eigenvalue weighted by atomic mass is 10.6. The lowest BCUT2D eigenvalue weighted by Crippen LogP contribution is -2.53. The molecule has 0 bridgehead atoms. The highest BCUT2D eigenvalue weighted by Crippen LogP contribution is 2.11. The summed E-state index contributed by atoms with van der Waals surface area (Å²) < 4.78 is 44.6. The van der Waals surface area contributed by atoms with Gasteiger partial charge in [0, 0.05) is 80.8 Å². The van der Waals surface area contributed by atoms with Crippen molar-refractivity contribution in [3.63, 3.8) is 0 Å². The van der Waals surface area contributed by atoms with E-state index in [0.29, 0.717) is 79.0 Å². The van der Waals surface area contributed by atoms with Gasteiger partial charge in [-0.25, -0.2) is 0 Å². The third-order valence-corrected chi connectivity index (χ3v) is 6.39. The first-order chi connectivity index (χ1) is 16.2. The highest BCUT2D eigenvalue weighted by atomic mass is 28.4. The summed E-state index contributed by atoms with van der Waals surface area (Å²) in [5, 5.41) is 13.0. The Morgan fingerprint density at radius 2 is 0.576 bits per heavy atom. The van der Waals surface area contributed by atoms with Crippen LogP contribution in [0.15, 0.2) is 0 Å². The Morgan fingerprint density at radius 3 is 0.788 bits per heavy atom. The van der Waals surface area contributed by atoms with Crippen LogP contribution in [0, 0.1) is 0 Å². The van der Waals surface area contributed by atoms with Gasteiger partial charge < -0.3 is 57.9 Å². The number of rotatable bonds is 28. The van der Waals surface area contributed by atoms with Crippen LogP contribution in [-0.2, 0) is 36.7 Å². The average molecular weight is 501 g/mol. The second kappa shape index (κ2) is 26.3. The molecule has 4 N–H and O–H groups in total. The zero-order valence-electron chi connectivity index (χ0n) is 21.1. The van der Waals surface area contributed by atoms with Crippen LogP contribution in [0.25, 0.3) is 0 Å². The minimum absolute atomic E-state index is 0.404. The van der Waals surface area contributed by atoms with Crippen molar-refractivity contribution < 1.29 is 36.7 Å². The van der Waals surface area contributed by atoms with Crippen LogP contribution in [0.3, 0.4) is 0 Å². The molecule has 0 atom stereocenters. The SMILES string of the molecule is COCCNCCO[Si](OCCNCCOC)(OCCNCCOC)OCCNCCOC. The van der Waals surface area contributed by atoms with Gasteiger partial charge in [0.1, 0.15) is 0 Å². The molecule has 12 nitrogen and oxygen atoms in total. The van der Waals surface area contributed by atoms with Crippen LogP contribution < -0.4 is 21.3 Å². The summed E-state index contributed by atoms with van der Waals surface area (Å²) in [6, 6.07) is 0. The Morgan fingerprint density at radius 1 is 0.364 bits per heavy atom. The monoisotopic (exact) mass is 500 g/mol. The van der Waals surface area contributed by atoms with Gasteiger partial charge in [0.2, 0.25) is 0 Å². The number of hydrogen-bond donors (Lipinski definition) is 4. The van der Waals surface area contributed by atoms with Crippen molar-refractivity contribution in [1.29, 1.82) is 0 Å². The van der Waals surface area contributed by atoms with Gasteiger partial charge in [0.15, 0.2) is 0 Å². The van der Waals surface area contributed by atoms with Crippen molar-refractivity contribution in [2.45, 2.75) is 0 Å². The van der Waals surface area contributed by atoms with Gasteiger partial charge in [-0.2, -0.15) is 0 Å². The Kier molecular flexibility index (Phi) is 26.1. The molecular weight excluding hydrogens is 452 g/mol. The van der Waals surface area contributed by atoms with Crippen molar-refractivity contribution in [2.24, 2.45) is 0 Å². The first-order valence-electron chi connectivity index (χ1n) is 11.6. The largest absolute Gasteiger partial charge is 0.679 e. The Balaban J connectivity index is 4.74. The normalized spacial score (nSPS) is 12.0. The molecule has 0 saturated heterocycles. The third-order valence-electron chi connectivity index (χ3n) is 4.16. The molecule has 0 aromatic rings. The summed E-state index contributed by atoms with van der Waals surface area (Å²) in [6.45, 7) is 9.69. The predicted molar refractivity (Wildman–Crippen MR) is 129 cm³/mol. The van der Waals surface area contributed by atoms with E-state index >= 15 is 0 Å². The lowest BCUT2D eigenvalue weighted by Gasteiger charge is -2.28. The predicted octanol–water partition coefficient (Wildman–Crippen LogP) is -1.57. The average Bonchev–Trinajstić information content (AvgIpc) is 2.83. The Hall–Kier alpha value is -0.263. The van der Waals surface area contributed by atoms with Gasteiger partial charge in [-0.1, -0.05) is 0 Å². The van der Waals surface area contributed by atoms with Crippen LogP contribution in [0.5, 0.6) is 0 Å². The number of nitrogens with one attached hydrogen (secondary N) is 4. The fourth-order valence-electron chi connectivity index (χ4n) is 2.44. The summed E-state index contributed by atoms with van der Waals surface area (Å²) in [5.41, 5.74) is 0. The van der Waals surface area contributed by atoms with Crippen LogP contribution in [0.1, 0.15) is 0 Å². The van der Waals surface area contributed by atoms with Crippen molar-refractivity contribution >= 4 is 9.05 Å². The Labute approximate surface area is 201 Å². The molecule has 0 aliphatic rings. The van der Waals surface area contributed by atoms with E-state index in [1.165, 1.54) is 0 Å². The fraction of sp³-hybridized carbons (Fsp3) is 1.00. The van der Waals surface area contributed by atoms with E-state index in [4.69, 9.17) is 36.7 Å². The van der Waals surface area contributed by atoms with Crippen LogP contribution in [0.2, 0.25) is 0 Å². The summed E-state index contributed by atoms with van der Waals surface area (Å²) in [4.78, 5) is 0. The van der Waals surface area contributed by atoms with Crippen LogP contribution in [-0.4, -0.2) is 143 Å². The van der Waals surface area contributed by atoms with Crippen molar-refractivity contribution in [1.82, 2.24) is 21.3 Å². The summed E-state index contributed by atoms with van der Waals surface area (Å²) in [5.74, 6) is 0. The minimum Gasteiger partial charge on any atom is -0.383 e. The molecule has 0 unspecified atom stereocenters. The van der Waals surface area contributed by atoms with Gasteiger partial charge in [-0.15, -0.1) is 0 Å². The molecule has 0 aliphatic carbocycles. The fourth-order valence-corrected chi connectivity index (χ4v) is 4.35. The van der Waals surface area contributed by atoms with Crippen molar-refractivity contribution in [3.8, 4) is 0 Å². The third kappa shape index (κ3) is 22.0. The van der Waals surface area contributed by atoms with Crippen molar-refractivity contribution in [3.05, 3.63) is 0 Å². The highest BCUT2D eigenvalue weighted by Gasteiger charge is 2.45. The van der Waals surface area contributed by atoms with Gasteiger partial charge in [-0.05, 0) is 0 Å². The lowest BCUT2D eigenvalue weighted by molar-refractivity contribution is -0.0327. The number of ether oxygens (including phenoxy) is 4. The second-order valence-electron chi connectivity index (χ2n) is 6.87. The molecule has 0 radical (unpaired) electrons. The Bertz CT molecular complexity index is 322. The first kappa shape index (κ1) is 32.7. The maximum absolute atomic E-state index is 6.10. The summed E-state index contributed by atoms with van der Waals surface area (Å²) in [7, 11) is 3.34. The van der Waals surface area contributed by atoms with E-state index in [1.807, 2.05) is 0 Å². The molecule has 0 aliphatic heterocycles. The molecule has 13 heteroatoms. The molecular formula is C20H48N4O8Si.